The van der Waals surface area contributed by atoms with Crippen molar-refractivity contribution >= 4 is 0 Å². The molecule has 2 N–H and O–H groups in total. The average Bonchev–Trinajstić information content (AvgIpc) is 2.87. The van der Waals surface area contributed by atoms with E-state index in [9.17, 15) is 0 Å². The number of nitrogens with zero attached hydrogens (tertiary/aromatic N) is 3. The lowest BCUT2D eigenvalue weighted by molar-refractivity contribution is 0.268. The van der Waals surface area contributed by atoms with Crippen LogP contribution in [-0.2, 0) is 19.6 Å². The van der Waals surface area contributed by atoms with Gasteiger partial charge in [-0.3, -0.25) is 0 Å². The molecule has 0 amide bonds. The van der Waals surface area contributed by atoms with Crippen molar-refractivity contribution in [3.63, 3.8) is 0 Å². The van der Waals surface area contributed by atoms with Gasteiger partial charge in [0.1, 0.15) is 5.75 Å². The van der Waals surface area contributed by atoms with Crippen molar-refractivity contribution < 1.29 is 9.84 Å². The van der Waals surface area contributed by atoms with E-state index in [1.807, 2.05) is 30.5 Å². The van der Waals surface area contributed by atoms with E-state index in [2.05, 4.69) is 15.6 Å². The summed E-state index contributed by atoms with van der Waals surface area (Å²) in [6.07, 6.45) is 1.83. The molecule has 6 heteroatoms. The molecule has 0 aliphatic heterocycles. The first-order chi connectivity index (χ1) is 9.31. The summed E-state index contributed by atoms with van der Waals surface area (Å²) in [5.41, 5.74) is 2.01. The summed E-state index contributed by atoms with van der Waals surface area (Å²) in [4.78, 5) is 0. The van der Waals surface area contributed by atoms with Gasteiger partial charge in [-0.25, -0.2) is 4.68 Å². The lowest BCUT2D eigenvalue weighted by Crippen LogP contribution is -2.13. The minimum atomic E-state index is 0.0695. The summed E-state index contributed by atoms with van der Waals surface area (Å²) in [6, 6.07) is 7.92. The second-order valence-corrected chi connectivity index (χ2v) is 4.15. The van der Waals surface area contributed by atoms with Crippen LogP contribution in [0.3, 0.4) is 0 Å². The highest BCUT2D eigenvalue weighted by Gasteiger charge is 2.00. The number of hydrogen-bond donors (Lipinski definition) is 2. The maximum Gasteiger partial charge on any atom is 0.119 e. The fourth-order valence-electron chi connectivity index (χ4n) is 1.75. The highest BCUT2D eigenvalue weighted by atomic mass is 16.5. The molecule has 6 nitrogen and oxygen atoms in total. The molecule has 0 aliphatic carbocycles. The van der Waals surface area contributed by atoms with Gasteiger partial charge in [0, 0.05) is 19.3 Å². The molecule has 1 heterocycles. The monoisotopic (exact) mass is 262 g/mol. The summed E-state index contributed by atoms with van der Waals surface area (Å²) in [7, 11) is 1.66. The molecular formula is C13H18N4O2. The summed E-state index contributed by atoms with van der Waals surface area (Å²) in [6.45, 7) is 1.93. The van der Waals surface area contributed by atoms with Gasteiger partial charge in [0.2, 0.25) is 0 Å². The van der Waals surface area contributed by atoms with Gasteiger partial charge < -0.3 is 15.2 Å². The third-order valence-corrected chi connectivity index (χ3v) is 2.68. The second kappa shape index (κ2) is 6.86. The van der Waals surface area contributed by atoms with Crippen molar-refractivity contribution in [1.82, 2.24) is 20.3 Å². The van der Waals surface area contributed by atoms with E-state index < -0.39 is 0 Å². The van der Waals surface area contributed by atoms with Crippen molar-refractivity contribution in [2.45, 2.75) is 19.6 Å². The Hall–Kier alpha value is -1.92. The van der Waals surface area contributed by atoms with Gasteiger partial charge in [-0.1, -0.05) is 17.3 Å². The van der Waals surface area contributed by atoms with Crippen LogP contribution in [0, 0.1) is 0 Å². The number of aromatic nitrogens is 3. The first kappa shape index (κ1) is 13.5. The molecule has 102 valence electrons. The smallest absolute Gasteiger partial charge is 0.119 e. The Balaban J connectivity index is 1.81. The molecule has 0 radical (unpaired) electrons. The van der Waals surface area contributed by atoms with Gasteiger partial charge in [0.15, 0.2) is 0 Å². The van der Waals surface area contributed by atoms with Crippen LogP contribution in [-0.4, -0.2) is 33.8 Å². The van der Waals surface area contributed by atoms with Crippen LogP contribution in [0.2, 0.25) is 0 Å². The van der Waals surface area contributed by atoms with Crippen molar-refractivity contribution in [2.75, 3.05) is 13.7 Å². The number of ether oxygens (including phenoxy) is 1. The molecule has 2 rings (SSSR count). The Kier molecular flexibility index (Phi) is 4.88. The zero-order chi connectivity index (χ0) is 13.5. The third-order valence-electron chi connectivity index (χ3n) is 2.68. The average molecular weight is 262 g/mol. The van der Waals surface area contributed by atoms with Crippen LogP contribution in [0.1, 0.15) is 11.3 Å². The van der Waals surface area contributed by atoms with E-state index in [0.717, 1.165) is 23.6 Å². The highest BCUT2D eigenvalue weighted by molar-refractivity contribution is 5.28. The van der Waals surface area contributed by atoms with Crippen LogP contribution < -0.4 is 10.1 Å². The van der Waals surface area contributed by atoms with Crippen LogP contribution in [0.4, 0.5) is 0 Å². The maximum atomic E-state index is 8.79. The largest absolute Gasteiger partial charge is 0.497 e. The van der Waals surface area contributed by atoms with Crippen molar-refractivity contribution in [1.29, 1.82) is 0 Å². The summed E-state index contributed by atoms with van der Waals surface area (Å²) in [5.74, 6) is 0.855. The topological polar surface area (TPSA) is 72.2 Å². The predicted molar refractivity (Wildman–Crippen MR) is 70.6 cm³/mol. The highest BCUT2D eigenvalue weighted by Crippen LogP contribution is 2.12. The van der Waals surface area contributed by atoms with Crippen LogP contribution in [0.5, 0.6) is 5.75 Å². The minimum Gasteiger partial charge on any atom is -0.497 e. The third kappa shape index (κ3) is 4.04. The molecule has 19 heavy (non-hydrogen) atoms. The van der Waals surface area contributed by atoms with Gasteiger partial charge in [0.05, 0.1) is 26.0 Å². The van der Waals surface area contributed by atoms with Gasteiger partial charge in [-0.15, -0.1) is 5.10 Å². The molecule has 0 saturated carbocycles. The van der Waals surface area contributed by atoms with Gasteiger partial charge in [-0.2, -0.15) is 0 Å². The Morgan fingerprint density at radius 1 is 1.37 bits per heavy atom. The Bertz CT molecular complexity index is 513. The second-order valence-electron chi connectivity index (χ2n) is 4.15. The summed E-state index contributed by atoms with van der Waals surface area (Å²) < 4.78 is 6.80. The fraction of sp³-hybridized carbons (Fsp3) is 0.385. The van der Waals surface area contributed by atoms with E-state index in [-0.39, 0.29) is 6.61 Å². The molecule has 0 saturated heterocycles. The number of benzene rings is 1. The molecule has 1 aromatic heterocycles. The first-order valence-corrected chi connectivity index (χ1v) is 6.15. The summed E-state index contributed by atoms with van der Waals surface area (Å²) >= 11 is 0. The number of rotatable bonds is 7. The standard InChI is InChI=1S/C13H18N4O2/c1-19-13-4-2-3-11(7-13)8-14-9-12-10-17(5-6-18)16-15-12/h2-4,7,10,14,18H,5-6,8-9H2,1H3. The molecular weight excluding hydrogens is 244 g/mol. The van der Waals surface area contributed by atoms with Crippen molar-refractivity contribution in [3.8, 4) is 5.75 Å². The Morgan fingerprint density at radius 2 is 2.26 bits per heavy atom. The number of aliphatic hydroxyl groups is 1. The lowest BCUT2D eigenvalue weighted by Gasteiger charge is -2.05. The first-order valence-electron chi connectivity index (χ1n) is 6.15. The van der Waals surface area contributed by atoms with Crippen LogP contribution in [0.25, 0.3) is 0 Å². The zero-order valence-electron chi connectivity index (χ0n) is 10.9. The van der Waals surface area contributed by atoms with E-state index in [0.29, 0.717) is 13.1 Å². The molecule has 0 spiro atoms. The SMILES string of the molecule is COc1cccc(CNCc2cn(CCO)nn2)c1. The van der Waals surface area contributed by atoms with Gasteiger partial charge in [-0.05, 0) is 17.7 Å². The van der Waals surface area contributed by atoms with E-state index in [1.165, 1.54) is 0 Å². The van der Waals surface area contributed by atoms with E-state index in [1.54, 1.807) is 11.8 Å². The number of aliphatic hydroxyl groups excluding tert-OH is 1. The fourth-order valence-corrected chi connectivity index (χ4v) is 1.75. The number of nitrogens with one attached hydrogen (secondary N) is 1. The van der Waals surface area contributed by atoms with Gasteiger partial charge >= 0.3 is 0 Å². The van der Waals surface area contributed by atoms with Crippen molar-refractivity contribution in [3.05, 3.63) is 41.7 Å². The van der Waals surface area contributed by atoms with Crippen LogP contribution in [0.15, 0.2) is 30.5 Å². The lowest BCUT2D eigenvalue weighted by atomic mass is 10.2. The Labute approximate surface area is 112 Å². The molecule has 0 unspecified atom stereocenters. The number of hydrogen-bond acceptors (Lipinski definition) is 5. The molecule has 0 fully saturated rings. The van der Waals surface area contributed by atoms with Crippen molar-refractivity contribution in [2.24, 2.45) is 0 Å². The quantitative estimate of drug-likeness (QED) is 0.763. The molecule has 0 atom stereocenters. The minimum absolute atomic E-state index is 0.0695. The molecule has 0 bridgehead atoms. The summed E-state index contributed by atoms with van der Waals surface area (Å²) in [5, 5.41) is 20.0. The molecule has 0 aliphatic rings. The maximum absolute atomic E-state index is 8.79. The van der Waals surface area contributed by atoms with Gasteiger partial charge in [0.25, 0.3) is 0 Å². The normalized spacial score (nSPS) is 10.6. The predicted octanol–water partition coefficient (Wildman–Crippen LogP) is 0.569. The number of methoxy groups -OCH3 is 1. The van der Waals surface area contributed by atoms with Crippen LogP contribution >= 0.6 is 0 Å². The molecule has 2 aromatic rings. The zero-order valence-corrected chi connectivity index (χ0v) is 10.9. The molecule has 1 aromatic carbocycles. The van der Waals surface area contributed by atoms with E-state index >= 15 is 0 Å². The van der Waals surface area contributed by atoms with E-state index in [4.69, 9.17) is 9.84 Å². The Morgan fingerprint density at radius 3 is 3.05 bits per heavy atom.